The van der Waals surface area contributed by atoms with Crippen LogP contribution in [0.25, 0.3) is 0 Å². The SMILES string of the molecule is O=C(O)C(Cc1cncc(Br)c1)c1ccccc1F. The van der Waals surface area contributed by atoms with Crippen molar-refractivity contribution in [2.75, 3.05) is 0 Å². The van der Waals surface area contributed by atoms with Crippen LogP contribution in [0.4, 0.5) is 4.39 Å². The first-order valence-electron chi connectivity index (χ1n) is 5.64. The molecule has 1 unspecified atom stereocenters. The highest BCUT2D eigenvalue weighted by molar-refractivity contribution is 9.10. The van der Waals surface area contributed by atoms with Crippen LogP contribution in [0.5, 0.6) is 0 Å². The maximum atomic E-state index is 13.7. The molecule has 0 radical (unpaired) electrons. The number of nitrogens with zero attached hydrogens (tertiary/aromatic N) is 1. The molecule has 3 nitrogen and oxygen atoms in total. The third-order valence-electron chi connectivity index (χ3n) is 2.78. The van der Waals surface area contributed by atoms with Crippen molar-refractivity contribution in [3.63, 3.8) is 0 Å². The number of benzene rings is 1. The van der Waals surface area contributed by atoms with Gasteiger partial charge in [-0.25, -0.2) is 4.39 Å². The Kier molecular flexibility index (Phi) is 4.27. The average Bonchev–Trinajstić information content (AvgIpc) is 2.37. The summed E-state index contributed by atoms with van der Waals surface area (Å²) in [4.78, 5) is 15.3. The van der Waals surface area contributed by atoms with Crippen molar-refractivity contribution in [3.8, 4) is 0 Å². The molecule has 2 rings (SSSR count). The van der Waals surface area contributed by atoms with Crippen LogP contribution < -0.4 is 0 Å². The molecular weight excluding hydrogens is 313 g/mol. The molecule has 5 heteroatoms. The molecule has 19 heavy (non-hydrogen) atoms. The number of hydrogen-bond acceptors (Lipinski definition) is 2. The van der Waals surface area contributed by atoms with Crippen LogP contribution in [-0.4, -0.2) is 16.1 Å². The van der Waals surface area contributed by atoms with Crippen LogP contribution >= 0.6 is 15.9 Å². The third kappa shape index (κ3) is 3.38. The van der Waals surface area contributed by atoms with E-state index >= 15 is 0 Å². The number of rotatable bonds is 4. The van der Waals surface area contributed by atoms with E-state index in [1.807, 2.05) is 0 Å². The average molecular weight is 324 g/mol. The molecule has 1 aromatic heterocycles. The van der Waals surface area contributed by atoms with Crippen LogP contribution in [0.15, 0.2) is 47.2 Å². The maximum absolute atomic E-state index is 13.7. The minimum atomic E-state index is -1.05. The van der Waals surface area contributed by atoms with Crippen LogP contribution in [0.3, 0.4) is 0 Å². The zero-order chi connectivity index (χ0) is 13.8. The van der Waals surface area contributed by atoms with E-state index in [0.29, 0.717) is 0 Å². The summed E-state index contributed by atoms with van der Waals surface area (Å²) in [5.41, 5.74) is 0.931. The number of aromatic nitrogens is 1. The van der Waals surface area contributed by atoms with Crippen molar-refractivity contribution in [1.82, 2.24) is 4.98 Å². The molecule has 0 bridgehead atoms. The molecule has 1 heterocycles. The summed E-state index contributed by atoms with van der Waals surface area (Å²) in [6.45, 7) is 0. The van der Waals surface area contributed by atoms with Crippen LogP contribution in [-0.2, 0) is 11.2 Å². The first-order chi connectivity index (χ1) is 9.08. The Morgan fingerprint density at radius 2 is 2.11 bits per heavy atom. The smallest absolute Gasteiger partial charge is 0.311 e. The molecule has 0 amide bonds. The highest BCUT2D eigenvalue weighted by Crippen LogP contribution is 2.24. The van der Waals surface area contributed by atoms with E-state index in [1.54, 1.807) is 30.6 Å². The van der Waals surface area contributed by atoms with E-state index in [-0.39, 0.29) is 12.0 Å². The van der Waals surface area contributed by atoms with Crippen molar-refractivity contribution in [2.24, 2.45) is 0 Å². The normalized spacial score (nSPS) is 12.1. The number of carboxylic acid groups (broad SMARTS) is 1. The van der Waals surface area contributed by atoms with Gasteiger partial charge in [0.25, 0.3) is 0 Å². The highest BCUT2D eigenvalue weighted by atomic mass is 79.9. The van der Waals surface area contributed by atoms with Gasteiger partial charge in [0.2, 0.25) is 0 Å². The topological polar surface area (TPSA) is 50.2 Å². The Balaban J connectivity index is 2.32. The summed E-state index contributed by atoms with van der Waals surface area (Å²) in [7, 11) is 0. The van der Waals surface area contributed by atoms with Gasteiger partial charge in [-0.1, -0.05) is 18.2 Å². The van der Waals surface area contributed by atoms with Crippen molar-refractivity contribution >= 4 is 21.9 Å². The zero-order valence-corrected chi connectivity index (χ0v) is 11.5. The zero-order valence-electron chi connectivity index (χ0n) is 9.88. The number of hydrogen-bond donors (Lipinski definition) is 1. The molecule has 0 saturated carbocycles. The molecule has 0 fully saturated rings. The van der Waals surface area contributed by atoms with Gasteiger partial charge in [0, 0.05) is 22.4 Å². The van der Waals surface area contributed by atoms with Gasteiger partial charge in [0.05, 0.1) is 5.92 Å². The molecule has 0 spiro atoms. The lowest BCUT2D eigenvalue weighted by atomic mass is 9.92. The molecule has 0 aliphatic heterocycles. The standard InChI is InChI=1S/C14H11BrFNO2/c15-10-5-9(7-17-8-10)6-12(14(18)19)11-3-1-2-4-13(11)16/h1-5,7-8,12H,6H2,(H,18,19). The van der Waals surface area contributed by atoms with Gasteiger partial charge < -0.3 is 5.11 Å². The summed E-state index contributed by atoms with van der Waals surface area (Å²) in [5, 5.41) is 9.28. The Hall–Kier alpha value is -1.75. The predicted molar refractivity (Wildman–Crippen MR) is 72.4 cm³/mol. The molecule has 1 N–H and O–H groups in total. The Morgan fingerprint density at radius 3 is 2.74 bits per heavy atom. The van der Waals surface area contributed by atoms with E-state index in [9.17, 15) is 14.3 Å². The fourth-order valence-electron chi connectivity index (χ4n) is 1.89. The van der Waals surface area contributed by atoms with Crippen molar-refractivity contribution in [2.45, 2.75) is 12.3 Å². The molecule has 98 valence electrons. The molecule has 0 saturated heterocycles. The summed E-state index contributed by atoms with van der Waals surface area (Å²) in [5.74, 6) is -2.47. The molecule has 1 atom stereocenters. The van der Waals surface area contributed by atoms with Gasteiger partial charge in [-0.05, 0) is 40.0 Å². The maximum Gasteiger partial charge on any atom is 0.311 e. The fraction of sp³-hybridized carbons (Fsp3) is 0.143. The summed E-state index contributed by atoms with van der Waals surface area (Å²) >= 11 is 3.28. The van der Waals surface area contributed by atoms with Gasteiger partial charge >= 0.3 is 5.97 Å². The van der Waals surface area contributed by atoms with Gasteiger partial charge in [-0.15, -0.1) is 0 Å². The summed E-state index contributed by atoms with van der Waals surface area (Å²) in [6, 6.07) is 7.72. The van der Waals surface area contributed by atoms with Crippen LogP contribution in [0.1, 0.15) is 17.0 Å². The first kappa shape index (κ1) is 13.7. The number of carbonyl (C=O) groups is 1. The molecule has 1 aromatic carbocycles. The van der Waals surface area contributed by atoms with E-state index in [0.717, 1.165) is 10.0 Å². The Bertz CT molecular complexity index is 604. The lowest BCUT2D eigenvalue weighted by Crippen LogP contribution is -2.16. The van der Waals surface area contributed by atoms with Crippen molar-refractivity contribution in [1.29, 1.82) is 0 Å². The van der Waals surface area contributed by atoms with Crippen LogP contribution in [0.2, 0.25) is 0 Å². The van der Waals surface area contributed by atoms with E-state index in [1.165, 1.54) is 12.1 Å². The van der Waals surface area contributed by atoms with E-state index in [2.05, 4.69) is 20.9 Å². The molecular formula is C14H11BrFNO2. The Labute approximate surface area is 118 Å². The third-order valence-corrected chi connectivity index (χ3v) is 3.21. The highest BCUT2D eigenvalue weighted by Gasteiger charge is 2.23. The molecule has 0 aliphatic rings. The number of aliphatic carboxylic acids is 1. The van der Waals surface area contributed by atoms with Crippen LogP contribution in [0, 0.1) is 5.82 Å². The minimum absolute atomic E-state index is 0.190. The quantitative estimate of drug-likeness (QED) is 0.938. The van der Waals surface area contributed by atoms with Gasteiger partial charge in [-0.2, -0.15) is 0 Å². The second kappa shape index (κ2) is 5.93. The Morgan fingerprint density at radius 1 is 1.37 bits per heavy atom. The van der Waals surface area contributed by atoms with Crippen molar-refractivity contribution in [3.05, 3.63) is 64.1 Å². The second-order valence-electron chi connectivity index (χ2n) is 4.13. The first-order valence-corrected chi connectivity index (χ1v) is 6.44. The molecule has 0 aliphatic carbocycles. The summed E-state index contributed by atoms with van der Waals surface area (Å²) in [6.07, 6.45) is 3.40. The van der Waals surface area contributed by atoms with Gasteiger partial charge in [-0.3, -0.25) is 9.78 Å². The lowest BCUT2D eigenvalue weighted by molar-refractivity contribution is -0.138. The second-order valence-corrected chi connectivity index (χ2v) is 5.04. The monoisotopic (exact) mass is 323 g/mol. The molecule has 2 aromatic rings. The number of carboxylic acids is 1. The van der Waals surface area contributed by atoms with E-state index < -0.39 is 17.7 Å². The predicted octanol–water partition coefficient (Wildman–Crippen LogP) is 3.39. The lowest BCUT2D eigenvalue weighted by Gasteiger charge is -2.13. The largest absolute Gasteiger partial charge is 0.481 e. The number of pyridine rings is 1. The fourth-order valence-corrected chi connectivity index (χ4v) is 2.30. The number of halogens is 2. The minimum Gasteiger partial charge on any atom is -0.481 e. The van der Waals surface area contributed by atoms with Gasteiger partial charge in [0.1, 0.15) is 5.82 Å². The van der Waals surface area contributed by atoms with Gasteiger partial charge in [0.15, 0.2) is 0 Å². The van der Waals surface area contributed by atoms with Crippen molar-refractivity contribution < 1.29 is 14.3 Å². The summed E-state index contributed by atoms with van der Waals surface area (Å²) < 4.78 is 14.5. The van der Waals surface area contributed by atoms with E-state index in [4.69, 9.17) is 0 Å².